The predicted octanol–water partition coefficient (Wildman–Crippen LogP) is 1.33. The first-order valence-corrected chi connectivity index (χ1v) is 7.96. The first-order valence-electron chi connectivity index (χ1n) is 7.08. The zero-order valence-corrected chi connectivity index (χ0v) is 13.4. The summed E-state index contributed by atoms with van der Waals surface area (Å²) in [5.41, 5.74) is 2.09. The highest BCUT2D eigenvalue weighted by atomic mass is 32.1. The number of hydrogen-bond donors (Lipinski definition) is 1. The number of aromatic nitrogens is 3. The summed E-state index contributed by atoms with van der Waals surface area (Å²) in [5.74, 6) is 0.695. The van der Waals surface area contributed by atoms with Crippen LogP contribution < -0.4 is 10.2 Å². The minimum absolute atomic E-state index is 0.219. The smallest absolute Gasteiger partial charge is 0.259 e. The maximum atomic E-state index is 12.1. The highest BCUT2D eigenvalue weighted by Crippen LogP contribution is 2.20. The van der Waals surface area contributed by atoms with Gasteiger partial charge in [-0.25, -0.2) is 4.98 Å². The van der Waals surface area contributed by atoms with Crippen molar-refractivity contribution in [1.82, 2.24) is 20.1 Å². The first kappa shape index (κ1) is 14.9. The van der Waals surface area contributed by atoms with Crippen molar-refractivity contribution in [2.45, 2.75) is 12.5 Å². The highest BCUT2D eigenvalue weighted by molar-refractivity contribution is 7.13. The van der Waals surface area contributed by atoms with Crippen molar-refractivity contribution >= 4 is 28.2 Å². The fraction of sp³-hybridized carbons (Fsp3) is 0.429. The monoisotopic (exact) mass is 318 g/mol. The van der Waals surface area contributed by atoms with Gasteiger partial charge in [0.2, 0.25) is 5.13 Å². The molecule has 3 rings (SSSR count). The van der Waals surface area contributed by atoms with Gasteiger partial charge < -0.3 is 9.80 Å². The molecule has 1 saturated heterocycles. The molecule has 0 bridgehead atoms. The number of anilines is 2. The van der Waals surface area contributed by atoms with Crippen LogP contribution in [0.25, 0.3) is 0 Å². The van der Waals surface area contributed by atoms with E-state index in [2.05, 4.69) is 44.4 Å². The first-order chi connectivity index (χ1) is 10.6. The molecule has 0 radical (unpaired) electrons. The summed E-state index contributed by atoms with van der Waals surface area (Å²) in [6.45, 7) is 1.96. The Labute approximate surface area is 133 Å². The minimum Gasteiger partial charge on any atom is -0.355 e. The predicted molar refractivity (Wildman–Crippen MR) is 86.4 cm³/mol. The molecule has 22 heavy (non-hydrogen) atoms. The van der Waals surface area contributed by atoms with E-state index in [-0.39, 0.29) is 5.91 Å². The van der Waals surface area contributed by atoms with Gasteiger partial charge in [-0.3, -0.25) is 10.1 Å². The maximum absolute atomic E-state index is 12.1. The molecule has 2 aromatic rings. The third-order valence-electron chi connectivity index (χ3n) is 3.81. The molecule has 1 unspecified atom stereocenters. The van der Waals surface area contributed by atoms with Gasteiger partial charge in [0.25, 0.3) is 5.91 Å². The number of pyridine rings is 1. The van der Waals surface area contributed by atoms with Crippen molar-refractivity contribution in [2.75, 3.05) is 37.4 Å². The number of carbonyl (C=O) groups excluding carboxylic acids is 1. The summed E-state index contributed by atoms with van der Waals surface area (Å²) in [6.07, 6.45) is 2.74. The maximum Gasteiger partial charge on any atom is 0.259 e. The van der Waals surface area contributed by atoms with Crippen LogP contribution in [0.5, 0.6) is 0 Å². The Morgan fingerprint density at radius 3 is 2.91 bits per heavy atom. The van der Waals surface area contributed by atoms with Gasteiger partial charge in [0.15, 0.2) is 0 Å². The number of amides is 1. The Bertz CT molecular complexity index is 627. The average molecular weight is 318 g/mol. The number of likely N-dealkylation sites (N-methyl/N-ethyl adjacent to an activating group) is 1. The van der Waals surface area contributed by atoms with Crippen LogP contribution in [0.3, 0.4) is 0 Å². The van der Waals surface area contributed by atoms with Gasteiger partial charge in [-0.2, -0.15) is 0 Å². The van der Waals surface area contributed by atoms with Crippen molar-refractivity contribution in [3.8, 4) is 0 Å². The van der Waals surface area contributed by atoms with Crippen LogP contribution in [-0.2, 0) is 0 Å². The molecule has 8 heteroatoms. The number of nitrogens with zero attached hydrogens (tertiary/aromatic N) is 5. The summed E-state index contributed by atoms with van der Waals surface area (Å²) >= 11 is 1.28. The molecule has 0 aromatic carbocycles. The lowest BCUT2D eigenvalue weighted by atomic mass is 10.2. The Kier molecular flexibility index (Phi) is 4.30. The summed E-state index contributed by atoms with van der Waals surface area (Å²) < 4.78 is 0. The topological polar surface area (TPSA) is 74.2 Å². The minimum atomic E-state index is -0.219. The van der Waals surface area contributed by atoms with E-state index in [1.54, 1.807) is 17.8 Å². The summed E-state index contributed by atoms with van der Waals surface area (Å²) in [5, 5.41) is 10.7. The Hall–Kier alpha value is -2.06. The van der Waals surface area contributed by atoms with Crippen LogP contribution in [0.15, 0.2) is 23.8 Å². The molecule has 1 amide bonds. The van der Waals surface area contributed by atoms with Gasteiger partial charge >= 0.3 is 0 Å². The normalized spacial score (nSPS) is 18.0. The van der Waals surface area contributed by atoms with Gasteiger partial charge in [-0.15, -0.1) is 10.2 Å². The molecule has 2 aromatic heterocycles. The summed E-state index contributed by atoms with van der Waals surface area (Å²) in [4.78, 5) is 21.0. The number of nitrogens with one attached hydrogen (secondary N) is 1. The van der Waals surface area contributed by atoms with E-state index < -0.39 is 0 Å². The van der Waals surface area contributed by atoms with Crippen LogP contribution in [0, 0.1) is 0 Å². The SMILES string of the molecule is CN(C)C1CCN(c2ccc(C(=O)Nc3nncs3)cn2)C1. The Morgan fingerprint density at radius 1 is 1.45 bits per heavy atom. The van der Waals surface area contributed by atoms with Gasteiger partial charge in [-0.1, -0.05) is 11.3 Å². The molecule has 1 aliphatic rings. The van der Waals surface area contributed by atoms with E-state index in [1.165, 1.54) is 11.3 Å². The molecule has 0 saturated carbocycles. The zero-order chi connectivity index (χ0) is 15.5. The lowest BCUT2D eigenvalue weighted by Gasteiger charge is -2.21. The van der Waals surface area contributed by atoms with E-state index >= 15 is 0 Å². The quantitative estimate of drug-likeness (QED) is 0.916. The molecule has 116 valence electrons. The van der Waals surface area contributed by atoms with Crippen LogP contribution in [0.1, 0.15) is 16.8 Å². The van der Waals surface area contributed by atoms with Crippen molar-refractivity contribution in [3.05, 3.63) is 29.4 Å². The van der Waals surface area contributed by atoms with Crippen LogP contribution >= 0.6 is 11.3 Å². The number of hydrogen-bond acceptors (Lipinski definition) is 7. The van der Waals surface area contributed by atoms with E-state index in [1.807, 2.05) is 6.07 Å². The van der Waals surface area contributed by atoms with Crippen molar-refractivity contribution in [3.63, 3.8) is 0 Å². The fourth-order valence-electron chi connectivity index (χ4n) is 2.48. The second kappa shape index (κ2) is 6.37. The molecule has 0 aliphatic carbocycles. The second-order valence-corrected chi connectivity index (χ2v) is 6.29. The van der Waals surface area contributed by atoms with E-state index in [4.69, 9.17) is 0 Å². The van der Waals surface area contributed by atoms with Crippen LogP contribution in [0.4, 0.5) is 10.9 Å². The third-order valence-corrected chi connectivity index (χ3v) is 4.41. The van der Waals surface area contributed by atoms with Crippen molar-refractivity contribution < 1.29 is 4.79 Å². The number of rotatable bonds is 4. The van der Waals surface area contributed by atoms with Gasteiger partial charge in [0, 0.05) is 25.3 Å². The lowest BCUT2D eigenvalue weighted by molar-refractivity contribution is 0.102. The molecule has 1 atom stereocenters. The molecule has 1 fully saturated rings. The molecule has 1 aliphatic heterocycles. The van der Waals surface area contributed by atoms with E-state index in [0.29, 0.717) is 16.7 Å². The lowest BCUT2D eigenvalue weighted by Crippen LogP contribution is -2.31. The molecule has 0 spiro atoms. The van der Waals surface area contributed by atoms with Gasteiger partial charge in [0.1, 0.15) is 11.3 Å². The van der Waals surface area contributed by atoms with E-state index in [0.717, 1.165) is 25.3 Å². The molecule has 7 nitrogen and oxygen atoms in total. The third kappa shape index (κ3) is 3.23. The van der Waals surface area contributed by atoms with Gasteiger partial charge in [0.05, 0.1) is 5.56 Å². The zero-order valence-electron chi connectivity index (χ0n) is 12.6. The largest absolute Gasteiger partial charge is 0.355 e. The average Bonchev–Trinajstić information content (AvgIpc) is 3.18. The highest BCUT2D eigenvalue weighted by Gasteiger charge is 2.24. The fourth-order valence-corrected chi connectivity index (χ4v) is 2.92. The van der Waals surface area contributed by atoms with Crippen molar-refractivity contribution in [1.29, 1.82) is 0 Å². The molecule has 1 N–H and O–H groups in total. The molecular weight excluding hydrogens is 300 g/mol. The molecular formula is C14H18N6OS. The summed E-state index contributed by atoms with van der Waals surface area (Å²) in [7, 11) is 4.20. The Morgan fingerprint density at radius 2 is 2.32 bits per heavy atom. The Balaban J connectivity index is 1.64. The molecule has 3 heterocycles. The van der Waals surface area contributed by atoms with E-state index in [9.17, 15) is 4.79 Å². The standard InChI is InChI=1S/C14H18N6OS/c1-19(2)11-5-6-20(8-11)12-4-3-10(7-15-12)13(21)17-14-18-16-9-22-14/h3-4,7,9,11H,5-6,8H2,1-2H3,(H,17,18,21). The summed E-state index contributed by atoms with van der Waals surface area (Å²) in [6, 6.07) is 4.25. The van der Waals surface area contributed by atoms with Crippen LogP contribution in [0.2, 0.25) is 0 Å². The van der Waals surface area contributed by atoms with Crippen LogP contribution in [-0.4, -0.2) is 59.2 Å². The number of carbonyl (C=O) groups is 1. The van der Waals surface area contributed by atoms with Crippen molar-refractivity contribution in [2.24, 2.45) is 0 Å². The second-order valence-electron chi connectivity index (χ2n) is 5.46. The van der Waals surface area contributed by atoms with Gasteiger partial charge in [-0.05, 0) is 32.6 Å².